The lowest BCUT2D eigenvalue weighted by Crippen LogP contribution is -2.27. The van der Waals surface area contributed by atoms with Gasteiger partial charge in [0.25, 0.3) is 0 Å². The maximum atomic E-state index is 14.3. The second kappa shape index (κ2) is 10.5. The third-order valence-electron chi connectivity index (χ3n) is 4.35. The monoisotopic (exact) mass is 477 g/mol. The average molecular weight is 478 g/mol. The number of nitrogens with one attached hydrogen (secondary N) is 2. The molecule has 0 unspecified atom stereocenters. The Morgan fingerprint density at radius 2 is 1.74 bits per heavy atom. The summed E-state index contributed by atoms with van der Waals surface area (Å²) in [5.74, 6) is -2.45. The van der Waals surface area contributed by atoms with Crippen LogP contribution in [0.2, 0.25) is 5.02 Å². The Hall–Kier alpha value is -2.11. The van der Waals surface area contributed by atoms with Gasteiger partial charge in [0.05, 0.1) is 23.9 Å². The fourth-order valence-corrected chi connectivity index (χ4v) is 3.59. The van der Waals surface area contributed by atoms with Crippen LogP contribution in [0, 0.1) is 17.6 Å². The molecule has 1 aromatic carbocycles. The zero-order valence-corrected chi connectivity index (χ0v) is 19.2. The minimum Gasteiger partial charge on any atom is -0.394 e. The summed E-state index contributed by atoms with van der Waals surface area (Å²) in [6.45, 7) is 5.45. The Bertz CT molecular complexity index is 1020. The maximum absolute atomic E-state index is 14.3. The summed E-state index contributed by atoms with van der Waals surface area (Å²) >= 11 is 5.61. The van der Waals surface area contributed by atoms with Crippen molar-refractivity contribution in [3.63, 3.8) is 0 Å². The molecule has 2 rings (SSSR count). The van der Waals surface area contributed by atoms with Gasteiger partial charge in [-0.2, -0.15) is 15.0 Å². The number of nitrogens with zero attached hydrogens (tertiary/aromatic N) is 3. The lowest BCUT2D eigenvalue weighted by molar-refractivity contribution is 0.259. The zero-order valence-electron chi connectivity index (χ0n) is 17.7. The van der Waals surface area contributed by atoms with Crippen LogP contribution in [0.1, 0.15) is 44.5 Å². The van der Waals surface area contributed by atoms with Gasteiger partial charge >= 0.3 is 0 Å². The number of aliphatic hydroxyl groups excluding tert-OH is 1. The molecule has 31 heavy (non-hydrogen) atoms. The van der Waals surface area contributed by atoms with Gasteiger partial charge in [0.1, 0.15) is 5.82 Å². The number of hydrogen-bond donors (Lipinski definition) is 3. The molecular formula is C19H26ClF2N5O3S. The Kier molecular flexibility index (Phi) is 8.49. The zero-order chi connectivity index (χ0) is 23.3. The first-order valence-electron chi connectivity index (χ1n) is 9.63. The molecule has 0 bridgehead atoms. The van der Waals surface area contributed by atoms with Crippen molar-refractivity contribution >= 4 is 33.5 Å². The summed E-state index contributed by atoms with van der Waals surface area (Å²) < 4.78 is 53.6. The molecule has 0 aliphatic heterocycles. The summed E-state index contributed by atoms with van der Waals surface area (Å²) in [5.41, 5.74) is 0.0856. The Labute approximate surface area is 185 Å². The van der Waals surface area contributed by atoms with E-state index in [-0.39, 0.29) is 53.3 Å². The largest absolute Gasteiger partial charge is 0.394 e. The third kappa shape index (κ3) is 7.51. The number of halogens is 3. The fraction of sp³-hybridized carbons (Fsp3) is 0.526. The van der Waals surface area contributed by atoms with Crippen LogP contribution in [0.5, 0.6) is 0 Å². The number of rotatable bonds is 10. The first kappa shape index (κ1) is 25.2. The number of aromatic nitrogens is 3. The highest BCUT2D eigenvalue weighted by atomic mass is 35.5. The Morgan fingerprint density at radius 3 is 2.32 bits per heavy atom. The van der Waals surface area contributed by atoms with Crippen LogP contribution in [-0.4, -0.2) is 47.4 Å². The van der Waals surface area contributed by atoms with Gasteiger partial charge in [0, 0.05) is 6.42 Å². The molecule has 0 aliphatic carbocycles. The third-order valence-corrected chi connectivity index (χ3v) is 5.20. The predicted octanol–water partition coefficient (Wildman–Crippen LogP) is 3.34. The van der Waals surface area contributed by atoms with Gasteiger partial charge in [-0.05, 0) is 29.9 Å². The van der Waals surface area contributed by atoms with Crippen LogP contribution >= 0.6 is 11.6 Å². The maximum Gasteiger partial charge on any atom is 0.241 e. The van der Waals surface area contributed by atoms with E-state index in [0.717, 1.165) is 6.26 Å². The first-order chi connectivity index (χ1) is 14.4. The van der Waals surface area contributed by atoms with Gasteiger partial charge in [-0.1, -0.05) is 38.4 Å². The summed E-state index contributed by atoms with van der Waals surface area (Å²) in [5, 5.41) is 12.3. The molecule has 1 aromatic heterocycles. The number of sulfonamides is 1. The van der Waals surface area contributed by atoms with Gasteiger partial charge in [-0.15, -0.1) is 0 Å². The topological polar surface area (TPSA) is 117 Å². The van der Waals surface area contributed by atoms with E-state index in [4.69, 9.17) is 11.6 Å². The van der Waals surface area contributed by atoms with Gasteiger partial charge in [-0.3, -0.25) is 4.72 Å². The molecule has 8 nitrogen and oxygen atoms in total. The minimum absolute atomic E-state index is 0.0609. The number of hydrogen-bond acceptors (Lipinski definition) is 7. The van der Waals surface area contributed by atoms with Gasteiger partial charge in [0.2, 0.25) is 21.9 Å². The van der Waals surface area contributed by atoms with Crippen LogP contribution in [0.3, 0.4) is 0 Å². The Morgan fingerprint density at radius 1 is 1.10 bits per heavy atom. The van der Waals surface area contributed by atoms with Gasteiger partial charge in [-0.25, -0.2) is 17.2 Å². The highest BCUT2D eigenvalue weighted by molar-refractivity contribution is 7.91. The SMILES string of the molecule is CC(C)C[C@H](CO)Nc1nc(C[C@H](C)c2ccc(Cl)c(F)c2F)nc(NS(C)(=O)=O)n1. The molecule has 172 valence electrons. The van der Waals surface area contributed by atoms with Crippen molar-refractivity contribution in [2.24, 2.45) is 5.92 Å². The molecular weight excluding hydrogens is 452 g/mol. The summed E-state index contributed by atoms with van der Waals surface area (Å²) in [4.78, 5) is 12.4. The van der Waals surface area contributed by atoms with Crippen LogP contribution in [0.25, 0.3) is 0 Å². The Balaban J connectivity index is 2.36. The minimum atomic E-state index is -3.67. The average Bonchev–Trinajstić information content (AvgIpc) is 2.63. The van der Waals surface area contributed by atoms with Gasteiger partial charge < -0.3 is 10.4 Å². The molecule has 2 atom stereocenters. The second-order valence-electron chi connectivity index (χ2n) is 7.80. The standard InChI is InChI=1S/C19H26ClF2N5O3S/c1-10(2)7-12(9-28)23-18-24-15(25-19(26-18)27-31(4,29)30)8-11(3)13-5-6-14(20)17(22)16(13)21/h5-6,10-12,28H,7-9H2,1-4H3,(H2,23,24,25,26,27)/t11-,12+/m0/s1. The fourth-order valence-electron chi connectivity index (χ4n) is 3.02. The molecule has 0 spiro atoms. The van der Waals surface area contributed by atoms with E-state index in [2.05, 4.69) is 25.0 Å². The smallest absolute Gasteiger partial charge is 0.241 e. The lowest BCUT2D eigenvalue weighted by atomic mass is 9.96. The van der Waals surface area contributed by atoms with Crippen molar-refractivity contribution in [3.05, 3.63) is 40.2 Å². The molecule has 0 saturated carbocycles. The molecule has 12 heteroatoms. The molecule has 0 radical (unpaired) electrons. The van der Waals surface area contributed by atoms with Crippen LogP contribution in [0.4, 0.5) is 20.7 Å². The molecule has 2 aromatic rings. The summed E-state index contributed by atoms with van der Waals surface area (Å²) in [6.07, 6.45) is 1.65. The molecule has 0 amide bonds. The van der Waals surface area contributed by atoms with Crippen molar-refractivity contribution in [3.8, 4) is 0 Å². The lowest BCUT2D eigenvalue weighted by Gasteiger charge is -2.19. The molecule has 0 fully saturated rings. The van der Waals surface area contributed by atoms with Crippen molar-refractivity contribution in [2.45, 2.75) is 45.6 Å². The number of anilines is 2. The van der Waals surface area contributed by atoms with Crippen LogP contribution in [-0.2, 0) is 16.4 Å². The van der Waals surface area contributed by atoms with Crippen molar-refractivity contribution in [1.82, 2.24) is 15.0 Å². The molecule has 0 aliphatic rings. The van der Waals surface area contributed by atoms with Crippen molar-refractivity contribution < 1.29 is 22.3 Å². The van der Waals surface area contributed by atoms with E-state index in [1.165, 1.54) is 12.1 Å². The van der Waals surface area contributed by atoms with Crippen LogP contribution in [0.15, 0.2) is 12.1 Å². The van der Waals surface area contributed by atoms with E-state index < -0.39 is 27.6 Å². The molecule has 1 heterocycles. The summed E-state index contributed by atoms with van der Waals surface area (Å²) in [6, 6.07) is 2.29. The highest BCUT2D eigenvalue weighted by Crippen LogP contribution is 2.28. The van der Waals surface area contributed by atoms with Gasteiger partial charge in [0.15, 0.2) is 11.6 Å². The first-order valence-corrected chi connectivity index (χ1v) is 11.9. The molecule has 3 N–H and O–H groups in total. The van der Waals surface area contributed by atoms with E-state index >= 15 is 0 Å². The van der Waals surface area contributed by atoms with E-state index in [1.807, 2.05) is 13.8 Å². The summed E-state index contributed by atoms with van der Waals surface area (Å²) in [7, 11) is -3.67. The van der Waals surface area contributed by atoms with Crippen molar-refractivity contribution in [2.75, 3.05) is 22.9 Å². The normalized spacial score (nSPS) is 13.8. The number of aliphatic hydroxyl groups is 1. The van der Waals surface area contributed by atoms with E-state index in [1.54, 1.807) is 6.92 Å². The van der Waals surface area contributed by atoms with E-state index in [9.17, 15) is 22.3 Å². The predicted molar refractivity (Wildman–Crippen MR) is 116 cm³/mol. The van der Waals surface area contributed by atoms with E-state index in [0.29, 0.717) is 6.42 Å². The number of benzene rings is 1. The highest BCUT2D eigenvalue weighted by Gasteiger charge is 2.20. The quantitative estimate of drug-likeness (QED) is 0.449. The second-order valence-corrected chi connectivity index (χ2v) is 9.95. The van der Waals surface area contributed by atoms with Crippen molar-refractivity contribution in [1.29, 1.82) is 0 Å². The molecule has 0 saturated heterocycles. The van der Waals surface area contributed by atoms with Crippen LogP contribution < -0.4 is 10.0 Å².